The molecule has 0 fully saturated rings. The average molecular weight is 224 g/mol. The molecule has 88 valence electrons. The molecule has 3 nitrogen and oxygen atoms in total. The summed E-state index contributed by atoms with van der Waals surface area (Å²) in [5.74, 6) is -0.160. The first-order chi connectivity index (χ1) is 7.59. The fourth-order valence-corrected chi connectivity index (χ4v) is 1.23. The fourth-order valence-electron chi connectivity index (χ4n) is 1.23. The molecule has 0 atom stereocenters. The third kappa shape index (κ3) is 4.40. The summed E-state index contributed by atoms with van der Waals surface area (Å²) >= 11 is 0. The SMILES string of the molecule is CC(C)CNCC(=O)Nc1ccccc1F. The van der Waals surface area contributed by atoms with Crippen LogP contribution >= 0.6 is 0 Å². The van der Waals surface area contributed by atoms with Crippen molar-refractivity contribution in [3.63, 3.8) is 0 Å². The Morgan fingerprint density at radius 2 is 2.06 bits per heavy atom. The van der Waals surface area contributed by atoms with Gasteiger partial charge in [0.1, 0.15) is 5.82 Å². The highest BCUT2D eigenvalue weighted by Crippen LogP contribution is 2.11. The molecular weight excluding hydrogens is 207 g/mol. The summed E-state index contributed by atoms with van der Waals surface area (Å²) in [6.07, 6.45) is 0. The van der Waals surface area contributed by atoms with Crippen LogP contribution in [-0.4, -0.2) is 19.0 Å². The number of rotatable bonds is 5. The third-order valence-electron chi connectivity index (χ3n) is 1.99. The molecule has 0 aromatic heterocycles. The average Bonchev–Trinajstić information content (AvgIpc) is 2.21. The summed E-state index contributed by atoms with van der Waals surface area (Å²) in [5, 5.41) is 5.50. The zero-order valence-corrected chi connectivity index (χ0v) is 9.59. The molecule has 0 aliphatic carbocycles. The van der Waals surface area contributed by atoms with E-state index >= 15 is 0 Å². The molecule has 0 heterocycles. The van der Waals surface area contributed by atoms with Gasteiger partial charge in [0.15, 0.2) is 0 Å². The number of carbonyl (C=O) groups is 1. The van der Waals surface area contributed by atoms with E-state index in [0.29, 0.717) is 5.92 Å². The predicted molar refractivity (Wildman–Crippen MR) is 62.7 cm³/mol. The van der Waals surface area contributed by atoms with Gasteiger partial charge in [-0.05, 0) is 24.6 Å². The van der Waals surface area contributed by atoms with E-state index < -0.39 is 5.82 Å². The van der Waals surface area contributed by atoms with Gasteiger partial charge >= 0.3 is 0 Å². The predicted octanol–water partition coefficient (Wildman–Crippen LogP) is 2.01. The molecule has 0 unspecified atom stereocenters. The van der Waals surface area contributed by atoms with Crippen molar-refractivity contribution >= 4 is 11.6 Å². The number of carbonyl (C=O) groups excluding carboxylic acids is 1. The van der Waals surface area contributed by atoms with E-state index in [1.807, 2.05) is 0 Å². The maximum Gasteiger partial charge on any atom is 0.238 e. The van der Waals surface area contributed by atoms with Crippen molar-refractivity contribution in [2.75, 3.05) is 18.4 Å². The van der Waals surface area contributed by atoms with Gasteiger partial charge in [-0.25, -0.2) is 4.39 Å². The Kier molecular flexibility index (Phi) is 4.92. The molecule has 1 rings (SSSR count). The van der Waals surface area contributed by atoms with E-state index in [1.54, 1.807) is 12.1 Å². The highest BCUT2D eigenvalue weighted by Gasteiger charge is 2.05. The van der Waals surface area contributed by atoms with Gasteiger partial charge < -0.3 is 10.6 Å². The Hall–Kier alpha value is -1.42. The van der Waals surface area contributed by atoms with Gasteiger partial charge in [0.05, 0.1) is 12.2 Å². The lowest BCUT2D eigenvalue weighted by molar-refractivity contribution is -0.115. The Labute approximate surface area is 95.0 Å². The second-order valence-electron chi connectivity index (χ2n) is 4.05. The molecule has 0 aliphatic heterocycles. The van der Waals surface area contributed by atoms with Gasteiger partial charge in [0.25, 0.3) is 0 Å². The van der Waals surface area contributed by atoms with Crippen molar-refractivity contribution in [1.29, 1.82) is 0 Å². The van der Waals surface area contributed by atoms with E-state index in [4.69, 9.17) is 0 Å². The van der Waals surface area contributed by atoms with Gasteiger partial charge in [0, 0.05) is 0 Å². The van der Waals surface area contributed by atoms with E-state index in [9.17, 15) is 9.18 Å². The maximum atomic E-state index is 13.2. The number of halogens is 1. The topological polar surface area (TPSA) is 41.1 Å². The highest BCUT2D eigenvalue weighted by atomic mass is 19.1. The van der Waals surface area contributed by atoms with E-state index in [2.05, 4.69) is 24.5 Å². The first kappa shape index (κ1) is 12.6. The minimum Gasteiger partial charge on any atom is -0.322 e. The van der Waals surface area contributed by atoms with Crippen LogP contribution in [0.25, 0.3) is 0 Å². The number of anilines is 1. The molecule has 1 amide bonds. The van der Waals surface area contributed by atoms with Crippen molar-refractivity contribution in [2.24, 2.45) is 5.92 Å². The second-order valence-corrected chi connectivity index (χ2v) is 4.05. The van der Waals surface area contributed by atoms with Gasteiger partial charge in [-0.2, -0.15) is 0 Å². The summed E-state index contributed by atoms with van der Waals surface area (Å²) in [5.41, 5.74) is 0.221. The number of benzene rings is 1. The molecule has 1 aromatic rings. The van der Waals surface area contributed by atoms with Crippen molar-refractivity contribution in [3.8, 4) is 0 Å². The molecule has 2 N–H and O–H groups in total. The molecule has 0 saturated heterocycles. The Morgan fingerprint density at radius 3 is 2.69 bits per heavy atom. The smallest absolute Gasteiger partial charge is 0.238 e. The zero-order chi connectivity index (χ0) is 12.0. The number of nitrogens with one attached hydrogen (secondary N) is 2. The normalized spacial score (nSPS) is 10.5. The van der Waals surface area contributed by atoms with Gasteiger partial charge in [-0.3, -0.25) is 4.79 Å². The first-order valence-corrected chi connectivity index (χ1v) is 5.34. The Bertz CT molecular complexity index is 353. The van der Waals surface area contributed by atoms with Crippen LogP contribution in [0.4, 0.5) is 10.1 Å². The molecule has 0 radical (unpaired) electrons. The lowest BCUT2D eigenvalue weighted by Gasteiger charge is -2.08. The number of hydrogen-bond donors (Lipinski definition) is 2. The molecule has 16 heavy (non-hydrogen) atoms. The lowest BCUT2D eigenvalue weighted by atomic mass is 10.2. The molecule has 4 heteroatoms. The lowest BCUT2D eigenvalue weighted by Crippen LogP contribution is -2.30. The Balaban J connectivity index is 2.37. The largest absolute Gasteiger partial charge is 0.322 e. The summed E-state index contributed by atoms with van der Waals surface area (Å²) < 4.78 is 13.2. The van der Waals surface area contributed by atoms with Crippen molar-refractivity contribution in [1.82, 2.24) is 5.32 Å². The minimum atomic E-state index is -0.417. The zero-order valence-electron chi connectivity index (χ0n) is 9.59. The fraction of sp³-hybridized carbons (Fsp3) is 0.417. The van der Waals surface area contributed by atoms with Gasteiger partial charge in [0.2, 0.25) is 5.91 Å². The summed E-state index contributed by atoms with van der Waals surface area (Å²) in [4.78, 5) is 11.4. The number of para-hydroxylation sites is 1. The third-order valence-corrected chi connectivity index (χ3v) is 1.99. The van der Waals surface area contributed by atoms with E-state index in [0.717, 1.165) is 6.54 Å². The molecule has 0 bridgehead atoms. The van der Waals surface area contributed by atoms with Crippen LogP contribution in [0.3, 0.4) is 0 Å². The summed E-state index contributed by atoms with van der Waals surface area (Å²) in [6, 6.07) is 6.12. The van der Waals surface area contributed by atoms with Crippen LogP contribution in [0.5, 0.6) is 0 Å². The quantitative estimate of drug-likeness (QED) is 0.803. The monoisotopic (exact) mass is 224 g/mol. The molecule has 0 saturated carbocycles. The number of hydrogen-bond acceptors (Lipinski definition) is 2. The van der Waals surface area contributed by atoms with Crippen LogP contribution in [0.15, 0.2) is 24.3 Å². The van der Waals surface area contributed by atoms with Crippen LogP contribution in [0.1, 0.15) is 13.8 Å². The standard InChI is InChI=1S/C12H17FN2O/c1-9(2)7-14-8-12(16)15-11-6-4-3-5-10(11)13/h3-6,9,14H,7-8H2,1-2H3,(H,15,16). The van der Waals surface area contributed by atoms with Gasteiger partial charge in [-0.15, -0.1) is 0 Å². The summed E-state index contributed by atoms with van der Waals surface area (Å²) in [6.45, 7) is 5.08. The van der Waals surface area contributed by atoms with Crippen LogP contribution in [0, 0.1) is 11.7 Å². The second kappa shape index (κ2) is 6.23. The minimum absolute atomic E-state index is 0.201. The van der Waals surface area contributed by atoms with Crippen LogP contribution in [0.2, 0.25) is 0 Å². The molecule has 0 spiro atoms. The van der Waals surface area contributed by atoms with Crippen molar-refractivity contribution < 1.29 is 9.18 Å². The van der Waals surface area contributed by atoms with Crippen molar-refractivity contribution in [3.05, 3.63) is 30.1 Å². The molecule has 1 aromatic carbocycles. The summed E-state index contributed by atoms with van der Waals surface area (Å²) in [7, 11) is 0. The van der Waals surface area contributed by atoms with E-state index in [1.165, 1.54) is 12.1 Å². The number of amides is 1. The van der Waals surface area contributed by atoms with Gasteiger partial charge in [-0.1, -0.05) is 26.0 Å². The first-order valence-electron chi connectivity index (χ1n) is 5.34. The molecular formula is C12H17FN2O. The van der Waals surface area contributed by atoms with Crippen LogP contribution in [-0.2, 0) is 4.79 Å². The van der Waals surface area contributed by atoms with E-state index in [-0.39, 0.29) is 18.1 Å². The maximum absolute atomic E-state index is 13.2. The highest BCUT2D eigenvalue weighted by molar-refractivity contribution is 5.92. The van der Waals surface area contributed by atoms with Crippen molar-refractivity contribution in [2.45, 2.75) is 13.8 Å². The molecule has 0 aliphatic rings. The van der Waals surface area contributed by atoms with Crippen LogP contribution < -0.4 is 10.6 Å². The Morgan fingerprint density at radius 1 is 1.38 bits per heavy atom.